The molecule has 0 unspecified atom stereocenters. The smallest absolute Gasteiger partial charge is 0.238 e. The quantitative estimate of drug-likeness (QED) is 0.202. The molecule has 2 heterocycles. The summed E-state index contributed by atoms with van der Waals surface area (Å²) in [7, 11) is -0.710. The van der Waals surface area contributed by atoms with Crippen LogP contribution in [0.15, 0.2) is 67.0 Å². The molecule has 41 heavy (non-hydrogen) atoms. The molecule has 0 atom stereocenters. The standard InChI is InChI=1S/C28H21F4N3O5S/c1-35-14-19(17-8-9-33-28(38-2)27(17)35)18-12-22(34-41(3,36)37)26(40-24-7-5-16(30)11-21(24)32)13-25(18)39-23-6-4-15(29)10-20(23)31/h4-14,34H,1-3H3. The Morgan fingerprint density at radius 3 is 1.98 bits per heavy atom. The number of hydrogen-bond donors (Lipinski definition) is 1. The van der Waals surface area contributed by atoms with Crippen molar-refractivity contribution in [1.29, 1.82) is 0 Å². The van der Waals surface area contributed by atoms with Crippen molar-refractivity contribution in [3.05, 3.63) is 90.3 Å². The minimum Gasteiger partial charge on any atom is -0.479 e. The van der Waals surface area contributed by atoms with Crippen LogP contribution in [0.3, 0.4) is 0 Å². The number of aryl methyl sites for hydroxylation is 1. The lowest BCUT2D eigenvalue weighted by molar-refractivity contribution is 0.401. The molecule has 0 saturated heterocycles. The second-order valence-corrected chi connectivity index (χ2v) is 10.7. The lowest BCUT2D eigenvalue weighted by Crippen LogP contribution is -2.11. The van der Waals surface area contributed by atoms with Gasteiger partial charge in [0.15, 0.2) is 28.9 Å². The van der Waals surface area contributed by atoms with Gasteiger partial charge >= 0.3 is 0 Å². The van der Waals surface area contributed by atoms with Crippen LogP contribution in [0, 0.1) is 23.3 Å². The van der Waals surface area contributed by atoms with Crippen molar-refractivity contribution < 1.29 is 40.2 Å². The summed E-state index contributed by atoms with van der Waals surface area (Å²) >= 11 is 0. The Morgan fingerprint density at radius 1 is 0.805 bits per heavy atom. The molecule has 0 fully saturated rings. The van der Waals surface area contributed by atoms with Crippen LogP contribution in [0.25, 0.3) is 22.0 Å². The van der Waals surface area contributed by atoms with Crippen LogP contribution in [-0.4, -0.2) is 31.3 Å². The number of anilines is 1. The van der Waals surface area contributed by atoms with Crippen molar-refractivity contribution in [3.63, 3.8) is 0 Å². The molecule has 0 aliphatic carbocycles. The second-order valence-electron chi connectivity index (χ2n) is 8.94. The van der Waals surface area contributed by atoms with E-state index in [0.29, 0.717) is 34.5 Å². The Balaban J connectivity index is 1.78. The van der Waals surface area contributed by atoms with E-state index in [1.165, 1.54) is 25.4 Å². The first-order valence-corrected chi connectivity index (χ1v) is 13.7. The fourth-order valence-electron chi connectivity index (χ4n) is 4.26. The molecule has 0 aliphatic rings. The lowest BCUT2D eigenvalue weighted by Gasteiger charge is -2.18. The topological polar surface area (TPSA) is 91.7 Å². The first-order chi connectivity index (χ1) is 19.4. The van der Waals surface area contributed by atoms with E-state index in [1.54, 1.807) is 23.9 Å². The van der Waals surface area contributed by atoms with Crippen LogP contribution >= 0.6 is 0 Å². The maximum Gasteiger partial charge on any atom is 0.238 e. The normalized spacial score (nSPS) is 11.5. The number of methoxy groups -OCH3 is 1. The van der Waals surface area contributed by atoms with E-state index in [-0.39, 0.29) is 28.5 Å². The third kappa shape index (κ3) is 5.75. The molecule has 13 heteroatoms. The van der Waals surface area contributed by atoms with Crippen LogP contribution in [0.2, 0.25) is 0 Å². The SMILES string of the molecule is COc1nccc2c(-c3cc(NS(C)(=O)=O)c(Oc4ccc(F)cc4F)cc3Oc3ccc(F)cc3F)cn(C)c12. The first-order valence-electron chi connectivity index (χ1n) is 11.8. The van der Waals surface area contributed by atoms with Crippen LogP contribution in [0.1, 0.15) is 0 Å². The predicted molar refractivity (Wildman–Crippen MR) is 144 cm³/mol. The van der Waals surface area contributed by atoms with Crippen molar-refractivity contribution in [3.8, 4) is 40.0 Å². The third-order valence-corrected chi connectivity index (χ3v) is 6.54. The fraction of sp³-hybridized carbons (Fsp3) is 0.107. The number of nitrogens with one attached hydrogen (secondary N) is 1. The van der Waals surface area contributed by atoms with Gasteiger partial charge in [0.2, 0.25) is 15.9 Å². The number of halogens is 4. The highest BCUT2D eigenvalue weighted by atomic mass is 32.2. The molecule has 0 saturated carbocycles. The first kappa shape index (κ1) is 27.8. The third-order valence-electron chi connectivity index (χ3n) is 5.94. The van der Waals surface area contributed by atoms with Crippen LogP contribution < -0.4 is 18.9 Å². The number of pyridine rings is 1. The second kappa shape index (κ2) is 10.7. The Bertz CT molecular complexity index is 1910. The van der Waals surface area contributed by atoms with Crippen LogP contribution in [-0.2, 0) is 17.1 Å². The number of sulfonamides is 1. The maximum atomic E-state index is 14.7. The number of aromatic nitrogens is 2. The molecule has 8 nitrogen and oxygen atoms in total. The molecule has 1 N–H and O–H groups in total. The Kier molecular flexibility index (Phi) is 7.22. The maximum absolute atomic E-state index is 14.7. The highest BCUT2D eigenvalue weighted by molar-refractivity contribution is 7.92. The number of rotatable bonds is 8. The Hall–Kier alpha value is -4.78. The molecule has 0 radical (unpaired) electrons. The van der Waals surface area contributed by atoms with Gasteiger partial charge in [-0.05, 0) is 36.4 Å². The summed E-state index contributed by atoms with van der Waals surface area (Å²) < 4.78 is 102. The highest BCUT2D eigenvalue weighted by Gasteiger charge is 2.23. The van der Waals surface area contributed by atoms with Gasteiger partial charge < -0.3 is 18.8 Å². The molecule has 0 aliphatic heterocycles. The molecule has 0 bridgehead atoms. The van der Waals surface area contributed by atoms with Gasteiger partial charge in [0, 0.05) is 54.2 Å². The Labute approximate surface area is 231 Å². The molecule has 0 spiro atoms. The van der Waals surface area contributed by atoms with Gasteiger partial charge in [0.05, 0.1) is 19.1 Å². The molecule has 3 aromatic carbocycles. The molecule has 0 amide bonds. The summed E-state index contributed by atoms with van der Waals surface area (Å²) in [4.78, 5) is 4.21. The van der Waals surface area contributed by atoms with Crippen LogP contribution in [0.4, 0.5) is 23.2 Å². The molecule has 5 rings (SSSR count). The van der Waals surface area contributed by atoms with E-state index in [1.807, 2.05) is 0 Å². The molecule has 212 valence electrons. The number of hydrogen-bond acceptors (Lipinski definition) is 6. The van der Waals surface area contributed by atoms with Crippen molar-refractivity contribution in [2.75, 3.05) is 18.1 Å². The predicted octanol–water partition coefficient (Wildman–Crippen LogP) is 6.76. The Morgan fingerprint density at radius 2 is 1.41 bits per heavy atom. The summed E-state index contributed by atoms with van der Waals surface area (Å²) in [6.07, 6.45) is 4.11. The van der Waals surface area contributed by atoms with Gasteiger partial charge in [0.1, 0.15) is 22.9 Å². The zero-order valence-electron chi connectivity index (χ0n) is 21.7. The van der Waals surface area contributed by atoms with Crippen molar-refractivity contribution in [2.24, 2.45) is 7.05 Å². The molecular formula is C28H21F4N3O5S. The van der Waals surface area contributed by atoms with E-state index in [2.05, 4.69) is 9.71 Å². The molecular weight excluding hydrogens is 566 g/mol. The molecule has 5 aromatic rings. The summed E-state index contributed by atoms with van der Waals surface area (Å²) in [6, 6.07) is 9.54. The van der Waals surface area contributed by atoms with Gasteiger partial charge in [-0.2, -0.15) is 0 Å². The fourth-order valence-corrected chi connectivity index (χ4v) is 4.82. The van der Waals surface area contributed by atoms with Gasteiger partial charge in [0.25, 0.3) is 0 Å². The summed E-state index contributed by atoms with van der Waals surface area (Å²) in [5.74, 6) is -4.51. The van der Waals surface area contributed by atoms with Gasteiger partial charge in [-0.15, -0.1) is 0 Å². The largest absolute Gasteiger partial charge is 0.479 e. The summed E-state index contributed by atoms with van der Waals surface area (Å²) in [5.41, 5.74) is 1.22. The van der Waals surface area contributed by atoms with E-state index < -0.39 is 39.0 Å². The zero-order chi connectivity index (χ0) is 29.5. The van der Waals surface area contributed by atoms with Crippen molar-refractivity contribution in [2.45, 2.75) is 0 Å². The minimum absolute atomic E-state index is 0.0599. The number of fused-ring (bicyclic) bond motifs is 1. The van der Waals surface area contributed by atoms with Crippen molar-refractivity contribution >= 4 is 26.6 Å². The van der Waals surface area contributed by atoms with Crippen molar-refractivity contribution in [1.82, 2.24) is 9.55 Å². The summed E-state index contributed by atoms with van der Waals surface area (Å²) in [5, 5.41) is 0.618. The van der Waals surface area contributed by atoms with Crippen LogP contribution in [0.5, 0.6) is 28.9 Å². The van der Waals surface area contributed by atoms with Gasteiger partial charge in [-0.3, -0.25) is 4.72 Å². The number of ether oxygens (including phenoxy) is 3. The number of nitrogens with zero attached hydrogens (tertiary/aromatic N) is 2. The van der Waals surface area contributed by atoms with E-state index in [0.717, 1.165) is 30.5 Å². The zero-order valence-corrected chi connectivity index (χ0v) is 22.5. The highest BCUT2D eigenvalue weighted by Crippen LogP contribution is 2.46. The average molecular weight is 588 g/mol. The van der Waals surface area contributed by atoms with Gasteiger partial charge in [-0.25, -0.2) is 31.0 Å². The lowest BCUT2D eigenvalue weighted by atomic mass is 10.0. The van der Waals surface area contributed by atoms with E-state index >= 15 is 0 Å². The number of benzene rings is 3. The van der Waals surface area contributed by atoms with Gasteiger partial charge in [-0.1, -0.05) is 0 Å². The summed E-state index contributed by atoms with van der Waals surface area (Å²) in [6.45, 7) is 0. The monoisotopic (exact) mass is 587 g/mol. The minimum atomic E-state index is -3.90. The van der Waals surface area contributed by atoms with E-state index in [4.69, 9.17) is 14.2 Å². The van der Waals surface area contributed by atoms with E-state index in [9.17, 15) is 26.0 Å². The average Bonchev–Trinajstić information content (AvgIpc) is 3.24. The molecule has 2 aromatic heterocycles.